The van der Waals surface area contributed by atoms with Gasteiger partial charge in [-0.05, 0) is 51.2 Å². The molecular formula is C27H32FN5O3. The molecule has 36 heavy (non-hydrogen) atoms. The van der Waals surface area contributed by atoms with E-state index in [1.807, 2.05) is 25.1 Å². The first-order valence-corrected chi connectivity index (χ1v) is 12.6. The summed E-state index contributed by atoms with van der Waals surface area (Å²) in [5, 5.41) is 5.66. The summed E-state index contributed by atoms with van der Waals surface area (Å²) in [5.74, 6) is 0.843. The van der Waals surface area contributed by atoms with E-state index in [4.69, 9.17) is 4.74 Å². The zero-order chi connectivity index (χ0) is 25.4. The van der Waals surface area contributed by atoms with Gasteiger partial charge in [0.05, 0.1) is 23.7 Å². The molecule has 3 N–H and O–H groups in total. The normalized spacial score (nSPS) is 21.5. The van der Waals surface area contributed by atoms with Crippen LogP contribution in [0.3, 0.4) is 0 Å². The Labute approximate surface area is 209 Å². The number of carbonyl (C=O) groups is 2. The minimum atomic E-state index is -1.23. The van der Waals surface area contributed by atoms with Crippen LogP contribution in [0, 0.1) is 19.8 Å². The lowest BCUT2D eigenvalue weighted by molar-refractivity contribution is -0.121. The number of halogens is 1. The maximum absolute atomic E-state index is 14.7. The van der Waals surface area contributed by atoms with E-state index in [1.165, 1.54) is 19.2 Å². The fourth-order valence-corrected chi connectivity index (χ4v) is 4.87. The Bertz CT molecular complexity index is 1300. The number of alkyl halides is 1. The molecule has 1 aromatic carbocycles. The van der Waals surface area contributed by atoms with Gasteiger partial charge in [0.2, 0.25) is 5.91 Å². The molecule has 9 heteroatoms. The van der Waals surface area contributed by atoms with Crippen LogP contribution in [0.5, 0.6) is 5.75 Å². The molecule has 2 aliphatic rings. The van der Waals surface area contributed by atoms with Crippen molar-refractivity contribution in [3.63, 3.8) is 0 Å². The van der Waals surface area contributed by atoms with Crippen molar-refractivity contribution in [3.8, 4) is 17.0 Å². The lowest BCUT2D eigenvalue weighted by atomic mass is 10.1. The molecule has 3 atom stereocenters. The van der Waals surface area contributed by atoms with Gasteiger partial charge in [-0.1, -0.05) is 18.6 Å². The molecule has 2 amide bonds. The molecule has 2 fully saturated rings. The Morgan fingerprint density at radius 2 is 1.97 bits per heavy atom. The van der Waals surface area contributed by atoms with Crippen LogP contribution in [0.15, 0.2) is 24.5 Å². The molecule has 0 saturated heterocycles. The largest absolute Gasteiger partial charge is 0.493 e. The van der Waals surface area contributed by atoms with Crippen molar-refractivity contribution in [1.82, 2.24) is 25.6 Å². The Hall–Kier alpha value is -3.49. The molecule has 0 aliphatic heterocycles. The molecule has 0 bridgehead atoms. The van der Waals surface area contributed by atoms with E-state index >= 15 is 0 Å². The molecule has 0 unspecified atom stereocenters. The number of rotatable bonds is 8. The summed E-state index contributed by atoms with van der Waals surface area (Å²) < 4.78 is 20.8. The fraction of sp³-hybridized carbons (Fsp3) is 0.481. The second kappa shape index (κ2) is 9.87. The number of nitrogens with zero attached hydrogens (tertiary/aromatic N) is 2. The standard InChI is InChI=1S/C27H32FN5O3/c1-4-22(34)32-17-10-19(28)20(11-17)33-27(35)23-15(3)31-26-24(29-13-30-25(23)26)18-9-14(2)5-8-21(18)36-12-16-6-7-16/h5,8-9,13,16-17,19-20,31H,4,6-7,10-12H2,1-3H3,(H,32,34)(H,33,35)/t17-,19-,20-/m1/s1. The Morgan fingerprint density at radius 3 is 2.72 bits per heavy atom. The van der Waals surface area contributed by atoms with Gasteiger partial charge >= 0.3 is 0 Å². The van der Waals surface area contributed by atoms with Crippen LogP contribution in [-0.2, 0) is 4.79 Å². The molecule has 2 aromatic heterocycles. The van der Waals surface area contributed by atoms with Crippen molar-refractivity contribution in [1.29, 1.82) is 0 Å². The van der Waals surface area contributed by atoms with Crippen molar-refractivity contribution in [2.45, 2.75) is 71.1 Å². The third-order valence-corrected chi connectivity index (χ3v) is 7.05. The van der Waals surface area contributed by atoms with Crippen LogP contribution in [0.1, 0.15) is 60.6 Å². The van der Waals surface area contributed by atoms with Crippen LogP contribution in [0.25, 0.3) is 22.3 Å². The summed E-state index contributed by atoms with van der Waals surface area (Å²) in [6.45, 7) is 6.24. The van der Waals surface area contributed by atoms with Crippen LogP contribution in [0.2, 0.25) is 0 Å². The highest BCUT2D eigenvalue weighted by atomic mass is 19.1. The van der Waals surface area contributed by atoms with Crippen LogP contribution < -0.4 is 15.4 Å². The number of aromatic nitrogens is 3. The zero-order valence-corrected chi connectivity index (χ0v) is 20.9. The second-order valence-corrected chi connectivity index (χ2v) is 10.0. The number of aryl methyl sites for hydroxylation is 2. The van der Waals surface area contributed by atoms with E-state index in [2.05, 4.69) is 25.6 Å². The molecule has 8 nitrogen and oxygen atoms in total. The van der Waals surface area contributed by atoms with E-state index in [-0.39, 0.29) is 18.4 Å². The summed E-state index contributed by atoms with van der Waals surface area (Å²) >= 11 is 0. The third kappa shape index (κ3) is 4.92. The average molecular weight is 494 g/mol. The number of fused-ring (bicyclic) bond motifs is 1. The molecule has 0 radical (unpaired) electrons. The maximum atomic E-state index is 14.7. The Balaban J connectivity index is 1.42. The van der Waals surface area contributed by atoms with E-state index in [0.717, 1.165) is 16.9 Å². The number of aromatic amines is 1. The van der Waals surface area contributed by atoms with E-state index < -0.39 is 18.1 Å². The highest BCUT2D eigenvalue weighted by molar-refractivity contribution is 6.09. The molecule has 2 heterocycles. The van der Waals surface area contributed by atoms with Gasteiger partial charge in [0, 0.05) is 30.1 Å². The van der Waals surface area contributed by atoms with E-state index in [0.29, 0.717) is 53.4 Å². The summed E-state index contributed by atoms with van der Waals surface area (Å²) in [5.41, 5.74) is 4.68. The highest BCUT2D eigenvalue weighted by Crippen LogP contribution is 2.37. The topological polar surface area (TPSA) is 109 Å². The zero-order valence-electron chi connectivity index (χ0n) is 20.9. The van der Waals surface area contributed by atoms with Crippen LogP contribution >= 0.6 is 0 Å². The van der Waals surface area contributed by atoms with Gasteiger partial charge in [-0.25, -0.2) is 14.4 Å². The van der Waals surface area contributed by atoms with Crippen LogP contribution in [-0.4, -0.2) is 51.6 Å². The van der Waals surface area contributed by atoms with E-state index in [9.17, 15) is 14.0 Å². The first-order valence-electron chi connectivity index (χ1n) is 12.6. The predicted octanol–water partition coefficient (Wildman–Crippen LogP) is 4.16. The number of hydrogen-bond donors (Lipinski definition) is 3. The summed E-state index contributed by atoms with van der Waals surface area (Å²) in [7, 11) is 0. The van der Waals surface area contributed by atoms with Gasteiger partial charge in [-0.2, -0.15) is 0 Å². The van der Waals surface area contributed by atoms with Gasteiger partial charge in [-0.15, -0.1) is 0 Å². The number of benzene rings is 1. The molecule has 3 aromatic rings. The van der Waals surface area contributed by atoms with Gasteiger partial charge < -0.3 is 20.4 Å². The SMILES string of the molecule is CCC(=O)N[C@@H]1C[C@@H](F)[C@H](NC(=O)c2c(C)[nH]c3c(-c4cc(C)ccc4OCC4CC4)ncnc23)C1. The summed E-state index contributed by atoms with van der Waals surface area (Å²) in [4.78, 5) is 37.3. The number of ether oxygens (including phenoxy) is 1. The first kappa shape index (κ1) is 24.2. The second-order valence-electron chi connectivity index (χ2n) is 10.0. The number of carbonyl (C=O) groups excluding carboxylic acids is 2. The molecule has 2 saturated carbocycles. The Morgan fingerprint density at radius 1 is 1.17 bits per heavy atom. The minimum absolute atomic E-state index is 0.118. The van der Waals surface area contributed by atoms with Crippen molar-refractivity contribution in [2.75, 3.05) is 6.61 Å². The van der Waals surface area contributed by atoms with Crippen molar-refractivity contribution >= 4 is 22.8 Å². The van der Waals surface area contributed by atoms with Gasteiger partial charge in [0.15, 0.2) is 0 Å². The molecule has 190 valence electrons. The van der Waals surface area contributed by atoms with Gasteiger partial charge in [0.25, 0.3) is 5.91 Å². The Kier molecular flexibility index (Phi) is 6.64. The molecule has 0 spiro atoms. The fourth-order valence-electron chi connectivity index (χ4n) is 4.87. The lowest BCUT2D eigenvalue weighted by Crippen LogP contribution is -2.39. The molecule has 2 aliphatic carbocycles. The van der Waals surface area contributed by atoms with Crippen molar-refractivity contribution in [3.05, 3.63) is 41.3 Å². The number of amides is 2. The van der Waals surface area contributed by atoms with Crippen molar-refractivity contribution in [2.24, 2.45) is 5.92 Å². The predicted molar refractivity (Wildman–Crippen MR) is 135 cm³/mol. The molecule has 5 rings (SSSR count). The average Bonchev–Trinajstić information content (AvgIpc) is 3.53. The monoisotopic (exact) mass is 493 g/mol. The minimum Gasteiger partial charge on any atom is -0.493 e. The number of H-pyrrole nitrogens is 1. The highest BCUT2D eigenvalue weighted by Gasteiger charge is 2.37. The number of nitrogens with one attached hydrogen (secondary N) is 3. The van der Waals surface area contributed by atoms with Crippen molar-refractivity contribution < 1.29 is 18.7 Å². The van der Waals surface area contributed by atoms with Gasteiger partial charge in [-0.3, -0.25) is 9.59 Å². The lowest BCUT2D eigenvalue weighted by Gasteiger charge is -2.15. The number of hydrogen-bond acceptors (Lipinski definition) is 5. The van der Waals surface area contributed by atoms with E-state index in [1.54, 1.807) is 13.8 Å². The third-order valence-electron chi connectivity index (χ3n) is 7.05. The summed E-state index contributed by atoms with van der Waals surface area (Å²) in [6, 6.07) is 5.03. The quantitative estimate of drug-likeness (QED) is 0.437. The van der Waals surface area contributed by atoms with Crippen LogP contribution in [0.4, 0.5) is 4.39 Å². The van der Waals surface area contributed by atoms with Gasteiger partial charge in [0.1, 0.15) is 29.5 Å². The first-order chi connectivity index (χ1) is 17.3. The smallest absolute Gasteiger partial charge is 0.255 e. The summed E-state index contributed by atoms with van der Waals surface area (Å²) in [6.07, 6.45) is 3.48. The molecular weight excluding hydrogens is 461 g/mol. The maximum Gasteiger partial charge on any atom is 0.255 e.